The second-order valence-electron chi connectivity index (χ2n) is 5.81. The predicted molar refractivity (Wildman–Crippen MR) is 83.0 cm³/mol. The highest BCUT2D eigenvalue weighted by atomic mass is 32.2. The molecule has 1 heterocycles. The summed E-state index contributed by atoms with van der Waals surface area (Å²) in [6.07, 6.45) is 6.99. The molecule has 0 radical (unpaired) electrons. The number of nitrogens with two attached hydrogens (primary N) is 1. The number of rotatable bonds is 6. The zero-order chi connectivity index (χ0) is 14.6. The Hall–Kier alpha value is -0.240. The molecule has 0 aromatic heterocycles. The van der Waals surface area contributed by atoms with E-state index >= 15 is 0 Å². The van der Waals surface area contributed by atoms with Crippen LogP contribution in [0.3, 0.4) is 0 Å². The minimum atomic E-state index is -3.40. The normalized spacial score (nSPS) is 26.5. The van der Waals surface area contributed by atoms with Crippen LogP contribution in [0.4, 0.5) is 0 Å². The van der Waals surface area contributed by atoms with Crippen molar-refractivity contribution in [1.82, 2.24) is 4.72 Å². The Bertz CT molecular complexity index is 427. The highest BCUT2D eigenvalue weighted by Crippen LogP contribution is 2.27. The topological polar surface area (TPSA) is 81.4 Å². The molecule has 1 saturated carbocycles. The molecular formula is C13H24N2O3S2. The molecule has 2 aliphatic rings. The monoisotopic (exact) mass is 320 g/mol. The zero-order valence-corrected chi connectivity index (χ0v) is 13.3. The van der Waals surface area contributed by atoms with Crippen LogP contribution < -0.4 is 10.5 Å². The molecule has 2 atom stereocenters. The maximum Gasteiger partial charge on any atom is 0.214 e. The van der Waals surface area contributed by atoms with Crippen molar-refractivity contribution in [1.29, 1.82) is 0 Å². The highest BCUT2D eigenvalue weighted by Gasteiger charge is 2.31. The van der Waals surface area contributed by atoms with Crippen LogP contribution in [0.1, 0.15) is 44.9 Å². The number of nitrogens with one attached hydrogen (secondary N) is 1. The van der Waals surface area contributed by atoms with E-state index in [2.05, 4.69) is 4.72 Å². The van der Waals surface area contributed by atoms with Gasteiger partial charge < -0.3 is 10.5 Å². The molecule has 1 saturated heterocycles. The van der Waals surface area contributed by atoms with Crippen LogP contribution >= 0.6 is 12.2 Å². The van der Waals surface area contributed by atoms with Gasteiger partial charge in [0.15, 0.2) is 0 Å². The van der Waals surface area contributed by atoms with Gasteiger partial charge in [-0.3, -0.25) is 0 Å². The second-order valence-corrected chi connectivity index (χ2v) is 8.08. The molecule has 116 valence electrons. The fraction of sp³-hybridized carbons (Fsp3) is 0.923. The average molecular weight is 320 g/mol. The lowest BCUT2D eigenvalue weighted by molar-refractivity contribution is 0.127. The van der Waals surface area contributed by atoms with Crippen LogP contribution in [0.5, 0.6) is 0 Å². The molecule has 7 heteroatoms. The van der Waals surface area contributed by atoms with Gasteiger partial charge >= 0.3 is 0 Å². The lowest BCUT2D eigenvalue weighted by Gasteiger charge is -2.30. The molecule has 1 aliphatic heterocycles. The highest BCUT2D eigenvalue weighted by molar-refractivity contribution is 7.89. The first-order valence-electron chi connectivity index (χ1n) is 7.39. The third-order valence-corrected chi connectivity index (χ3v) is 5.84. The van der Waals surface area contributed by atoms with Gasteiger partial charge in [-0.1, -0.05) is 31.5 Å². The quantitative estimate of drug-likeness (QED) is 0.721. The van der Waals surface area contributed by atoms with Gasteiger partial charge in [-0.05, 0) is 31.6 Å². The summed E-state index contributed by atoms with van der Waals surface area (Å²) in [4.78, 5) is 0.257. The maximum absolute atomic E-state index is 12.2. The van der Waals surface area contributed by atoms with Crippen molar-refractivity contribution >= 4 is 27.2 Å². The van der Waals surface area contributed by atoms with E-state index in [9.17, 15) is 8.42 Å². The Morgan fingerprint density at radius 3 is 2.50 bits per heavy atom. The summed E-state index contributed by atoms with van der Waals surface area (Å²) in [6, 6.07) is -0.406. The van der Waals surface area contributed by atoms with Gasteiger partial charge in [0.05, 0.1) is 22.9 Å². The van der Waals surface area contributed by atoms with Crippen LogP contribution in [-0.2, 0) is 14.8 Å². The average Bonchev–Trinajstić information content (AvgIpc) is 2.89. The molecular weight excluding hydrogens is 296 g/mol. The van der Waals surface area contributed by atoms with Gasteiger partial charge in [0.1, 0.15) is 0 Å². The lowest BCUT2D eigenvalue weighted by atomic mass is 9.84. The molecule has 20 heavy (non-hydrogen) atoms. The summed E-state index contributed by atoms with van der Waals surface area (Å²) in [5.74, 6) is 0.249. The van der Waals surface area contributed by atoms with E-state index < -0.39 is 16.1 Å². The van der Waals surface area contributed by atoms with Crippen molar-refractivity contribution in [2.24, 2.45) is 11.7 Å². The summed E-state index contributed by atoms with van der Waals surface area (Å²) in [5.41, 5.74) is 5.76. The van der Waals surface area contributed by atoms with E-state index in [1.54, 1.807) is 0 Å². The predicted octanol–water partition coefficient (Wildman–Crippen LogP) is 1.32. The van der Waals surface area contributed by atoms with Crippen LogP contribution in [0.25, 0.3) is 0 Å². The third kappa shape index (κ3) is 4.65. The first kappa shape index (κ1) is 16.1. The number of ether oxygens (including phenoxy) is 1. The molecule has 2 rings (SSSR count). The van der Waals surface area contributed by atoms with Crippen molar-refractivity contribution in [3.8, 4) is 0 Å². The van der Waals surface area contributed by atoms with E-state index in [0.29, 0.717) is 6.61 Å². The standard InChI is InChI=1S/C13H24N2O3S2/c14-13(19)12(10-5-2-1-3-6-10)15-20(16,17)9-11-7-4-8-18-11/h10-12,15H,1-9H2,(H2,14,19). The van der Waals surface area contributed by atoms with E-state index in [1.807, 2.05) is 0 Å². The van der Waals surface area contributed by atoms with E-state index in [4.69, 9.17) is 22.7 Å². The summed E-state index contributed by atoms with van der Waals surface area (Å²) in [6.45, 7) is 0.654. The molecule has 0 aromatic rings. The van der Waals surface area contributed by atoms with Crippen molar-refractivity contribution in [2.45, 2.75) is 57.1 Å². The summed E-state index contributed by atoms with van der Waals surface area (Å²) in [7, 11) is -3.40. The number of sulfonamides is 1. The summed E-state index contributed by atoms with van der Waals surface area (Å²) in [5, 5.41) is 0. The second kappa shape index (κ2) is 7.15. The third-order valence-electron chi connectivity index (χ3n) is 4.16. The minimum absolute atomic E-state index is 0.0127. The fourth-order valence-electron chi connectivity index (χ4n) is 3.12. The molecule has 5 nitrogen and oxygen atoms in total. The molecule has 0 bridgehead atoms. The smallest absolute Gasteiger partial charge is 0.214 e. The van der Waals surface area contributed by atoms with Crippen molar-refractivity contribution in [3.05, 3.63) is 0 Å². The lowest BCUT2D eigenvalue weighted by Crippen LogP contribution is -2.50. The van der Waals surface area contributed by atoms with Gasteiger partial charge in [0, 0.05) is 6.61 Å². The van der Waals surface area contributed by atoms with Crippen molar-refractivity contribution < 1.29 is 13.2 Å². The first-order chi connectivity index (χ1) is 9.48. The Morgan fingerprint density at radius 1 is 1.25 bits per heavy atom. The number of thiocarbonyl (C=S) groups is 1. The molecule has 0 aromatic carbocycles. The summed E-state index contributed by atoms with van der Waals surface area (Å²) < 4.78 is 32.6. The van der Waals surface area contributed by atoms with Gasteiger partial charge in [-0.15, -0.1) is 0 Å². The molecule has 0 amide bonds. The zero-order valence-electron chi connectivity index (χ0n) is 11.7. The fourth-order valence-corrected chi connectivity index (χ4v) is 5.00. The number of hydrogen-bond acceptors (Lipinski definition) is 4. The number of hydrogen-bond donors (Lipinski definition) is 2. The van der Waals surface area contributed by atoms with E-state index in [-0.39, 0.29) is 22.8 Å². The molecule has 1 aliphatic carbocycles. The molecule has 2 unspecified atom stereocenters. The maximum atomic E-state index is 12.2. The Labute approximate surface area is 126 Å². The molecule has 2 fully saturated rings. The van der Waals surface area contributed by atoms with E-state index in [1.165, 1.54) is 6.42 Å². The van der Waals surface area contributed by atoms with Crippen molar-refractivity contribution in [3.63, 3.8) is 0 Å². The van der Waals surface area contributed by atoms with Crippen LogP contribution in [0.2, 0.25) is 0 Å². The molecule has 0 spiro atoms. The Kier molecular flexibility index (Phi) is 5.77. The molecule has 3 N–H and O–H groups in total. The van der Waals surface area contributed by atoms with Gasteiger partial charge in [-0.25, -0.2) is 13.1 Å². The Morgan fingerprint density at radius 2 is 1.95 bits per heavy atom. The largest absolute Gasteiger partial charge is 0.392 e. The van der Waals surface area contributed by atoms with Crippen LogP contribution in [-0.4, -0.2) is 37.9 Å². The summed E-state index contributed by atoms with van der Waals surface area (Å²) >= 11 is 5.07. The van der Waals surface area contributed by atoms with Crippen molar-refractivity contribution in [2.75, 3.05) is 12.4 Å². The van der Waals surface area contributed by atoms with Gasteiger partial charge in [-0.2, -0.15) is 0 Å². The van der Waals surface area contributed by atoms with Gasteiger partial charge in [0.2, 0.25) is 10.0 Å². The first-order valence-corrected chi connectivity index (χ1v) is 9.45. The van der Waals surface area contributed by atoms with Gasteiger partial charge in [0.25, 0.3) is 0 Å². The van der Waals surface area contributed by atoms with E-state index in [0.717, 1.165) is 38.5 Å². The van der Waals surface area contributed by atoms with Crippen LogP contribution in [0.15, 0.2) is 0 Å². The Balaban J connectivity index is 1.96. The SMILES string of the molecule is NC(=S)C(NS(=O)(=O)CC1CCCO1)C1CCCCC1. The minimum Gasteiger partial charge on any atom is -0.392 e. The van der Waals surface area contributed by atoms with Crippen LogP contribution in [0, 0.1) is 5.92 Å².